The number of aliphatic imine (C=N–C) groups is 1. The van der Waals surface area contributed by atoms with Crippen LogP contribution in [0.4, 0.5) is 0 Å². The van der Waals surface area contributed by atoms with E-state index in [0.29, 0.717) is 5.57 Å². The van der Waals surface area contributed by atoms with E-state index < -0.39 is 0 Å². The highest BCUT2D eigenvalue weighted by molar-refractivity contribution is 7.12. The summed E-state index contributed by atoms with van der Waals surface area (Å²) >= 11 is 1.66. The molecule has 0 radical (unpaired) electrons. The largest absolute Gasteiger partial charge is 0.278 e. The first-order valence-corrected chi connectivity index (χ1v) is 6.48. The average Bonchev–Trinajstić information content (AvgIpc) is 2.82. The normalized spacial score (nSPS) is 16.3. The summed E-state index contributed by atoms with van der Waals surface area (Å²) in [6.07, 6.45) is 1.85. The molecule has 3 heteroatoms. The van der Waals surface area contributed by atoms with Crippen molar-refractivity contribution in [2.45, 2.75) is 6.04 Å². The molecule has 1 aromatic heterocycles. The zero-order chi connectivity index (χ0) is 12.5. The summed E-state index contributed by atoms with van der Waals surface area (Å²) in [5, 5.41) is 11.1. The molecule has 0 saturated carbocycles. The lowest BCUT2D eigenvalue weighted by atomic mass is 9.93. The Labute approximate surface area is 110 Å². The van der Waals surface area contributed by atoms with Gasteiger partial charge in [-0.1, -0.05) is 30.8 Å². The third-order valence-electron chi connectivity index (χ3n) is 3.06. The van der Waals surface area contributed by atoms with Gasteiger partial charge < -0.3 is 0 Å². The van der Waals surface area contributed by atoms with Crippen LogP contribution in [0.3, 0.4) is 0 Å². The highest BCUT2D eigenvalue weighted by atomic mass is 32.1. The first-order chi connectivity index (χ1) is 8.81. The second kappa shape index (κ2) is 4.25. The summed E-state index contributed by atoms with van der Waals surface area (Å²) in [6.45, 7) is 3.81. The highest BCUT2D eigenvalue weighted by Gasteiger charge is 2.21. The van der Waals surface area contributed by atoms with E-state index in [1.54, 1.807) is 11.3 Å². The fourth-order valence-corrected chi connectivity index (χ4v) is 2.96. The minimum absolute atomic E-state index is 0.259. The van der Waals surface area contributed by atoms with Crippen molar-refractivity contribution in [2.24, 2.45) is 4.99 Å². The van der Waals surface area contributed by atoms with Crippen LogP contribution in [0, 0.1) is 11.3 Å². The monoisotopic (exact) mass is 250 g/mol. The second-order valence-corrected chi connectivity index (χ2v) is 5.05. The predicted molar refractivity (Wildman–Crippen MR) is 74.8 cm³/mol. The summed E-state index contributed by atoms with van der Waals surface area (Å²) in [6, 6.07) is 12.0. The molecule has 3 rings (SSSR count). The number of thiophene rings is 1. The van der Waals surface area contributed by atoms with Crippen LogP contribution in [0.25, 0.3) is 11.1 Å². The van der Waals surface area contributed by atoms with Gasteiger partial charge in [0, 0.05) is 11.8 Å². The lowest BCUT2D eigenvalue weighted by molar-refractivity contribution is 0.890. The van der Waals surface area contributed by atoms with E-state index in [0.717, 1.165) is 16.0 Å². The molecular formula is C15H10N2S. The van der Waals surface area contributed by atoms with Crippen molar-refractivity contribution in [1.29, 1.82) is 5.26 Å². The number of rotatable bonds is 1. The summed E-state index contributed by atoms with van der Waals surface area (Å²) in [7, 11) is 0. The maximum atomic E-state index is 9.05. The molecule has 0 amide bonds. The SMILES string of the molecule is C=C(C#N)C1N=Cc2sccc2-c2ccccc21. The van der Waals surface area contributed by atoms with E-state index in [1.165, 1.54) is 5.56 Å². The van der Waals surface area contributed by atoms with E-state index >= 15 is 0 Å². The maximum Gasteiger partial charge on any atom is 0.110 e. The van der Waals surface area contributed by atoms with Gasteiger partial charge in [0.05, 0.1) is 16.5 Å². The van der Waals surface area contributed by atoms with Gasteiger partial charge in [-0.15, -0.1) is 11.3 Å². The van der Waals surface area contributed by atoms with Crippen LogP contribution in [0.5, 0.6) is 0 Å². The standard InChI is InChI=1S/C15H10N2S/c1-10(8-16)15-13-5-3-2-4-11(13)12-6-7-18-14(12)9-17-15/h2-7,9,15H,1H2. The van der Waals surface area contributed by atoms with Gasteiger partial charge in [-0.05, 0) is 22.6 Å². The Morgan fingerprint density at radius 1 is 1.28 bits per heavy atom. The van der Waals surface area contributed by atoms with Gasteiger partial charge in [0.2, 0.25) is 0 Å². The van der Waals surface area contributed by atoms with Crippen molar-refractivity contribution in [2.75, 3.05) is 0 Å². The molecule has 0 spiro atoms. The molecule has 0 N–H and O–H groups in total. The van der Waals surface area contributed by atoms with E-state index in [4.69, 9.17) is 5.26 Å². The molecule has 1 aromatic carbocycles. The fraction of sp³-hybridized carbons (Fsp3) is 0.0667. The van der Waals surface area contributed by atoms with Gasteiger partial charge in [0.1, 0.15) is 6.04 Å². The number of nitriles is 1. The minimum Gasteiger partial charge on any atom is -0.278 e. The summed E-state index contributed by atoms with van der Waals surface area (Å²) in [5.41, 5.74) is 3.87. The molecule has 0 saturated heterocycles. The summed E-state index contributed by atoms with van der Waals surface area (Å²) in [4.78, 5) is 5.65. The number of fused-ring (bicyclic) bond motifs is 3. The van der Waals surface area contributed by atoms with Crippen LogP contribution >= 0.6 is 11.3 Å². The molecular weight excluding hydrogens is 240 g/mol. The van der Waals surface area contributed by atoms with Gasteiger partial charge in [-0.25, -0.2) is 0 Å². The zero-order valence-electron chi connectivity index (χ0n) is 9.63. The molecule has 1 aliphatic heterocycles. The zero-order valence-corrected chi connectivity index (χ0v) is 10.4. The molecule has 86 valence electrons. The van der Waals surface area contributed by atoms with Crippen molar-refractivity contribution < 1.29 is 0 Å². The molecule has 1 atom stereocenters. The van der Waals surface area contributed by atoms with E-state index in [-0.39, 0.29) is 6.04 Å². The third kappa shape index (κ3) is 1.59. The van der Waals surface area contributed by atoms with Crippen LogP contribution < -0.4 is 0 Å². The van der Waals surface area contributed by atoms with Gasteiger partial charge in [-0.3, -0.25) is 4.99 Å². The van der Waals surface area contributed by atoms with Crippen LogP contribution in [0.1, 0.15) is 16.5 Å². The van der Waals surface area contributed by atoms with Crippen LogP contribution in [0.2, 0.25) is 0 Å². The van der Waals surface area contributed by atoms with Crippen LogP contribution in [0.15, 0.2) is 52.9 Å². The molecule has 0 bridgehead atoms. The Hall–Kier alpha value is -2.18. The predicted octanol–water partition coefficient (Wildman–Crippen LogP) is 3.97. The van der Waals surface area contributed by atoms with Crippen molar-refractivity contribution >= 4 is 17.6 Å². The highest BCUT2D eigenvalue weighted by Crippen LogP contribution is 2.38. The van der Waals surface area contributed by atoms with Crippen molar-refractivity contribution in [3.05, 3.63) is 58.3 Å². The maximum absolute atomic E-state index is 9.05. The molecule has 0 fully saturated rings. The molecule has 2 heterocycles. The first kappa shape index (κ1) is 10.9. The Balaban J connectivity index is 2.27. The van der Waals surface area contributed by atoms with E-state index in [2.05, 4.69) is 35.2 Å². The van der Waals surface area contributed by atoms with Crippen molar-refractivity contribution in [1.82, 2.24) is 0 Å². The number of nitrogens with zero attached hydrogens (tertiary/aromatic N) is 2. The first-order valence-electron chi connectivity index (χ1n) is 5.60. The van der Waals surface area contributed by atoms with Crippen molar-refractivity contribution in [3.63, 3.8) is 0 Å². The van der Waals surface area contributed by atoms with Crippen molar-refractivity contribution in [3.8, 4) is 17.2 Å². The Kier molecular flexibility index (Phi) is 2.58. The fourth-order valence-electron chi connectivity index (χ4n) is 2.19. The van der Waals surface area contributed by atoms with Crippen LogP contribution in [-0.4, -0.2) is 6.21 Å². The molecule has 2 nitrogen and oxygen atoms in total. The van der Waals surface area contributed by atoms with Gasteiger partial charge in [0.25, 0.3) is 0 Å². The molecule has 2 aromatic rings. The number of benzene rings is 1. The Bertz CT molecular complexity index is 689. The third-order valence-corrected chi connectivity index (χ3v) is 3.91. The molecule has 0 aliphatic carbocycles. The second-order valence-electron chi connectivity index (χ2n) is 4.10. The lowest BCUT2D eigenvalue weighted by Crippen LogP contribution is -1.98. The van der Waals surface area contributed by atoms with E-state index in [1.807, 2.05) is 24.4 Å². The smallest absolute Gasteiger partial charge is 0.110 e. The summed E-state index contributed by atoms with van der Waals surface area (Å²) in [5.74, 6) is 0. The summed E-state index contributed by atoms with van der Waals surface area (Å²) < 4.78 is 0. The van der Waals surface area contributed by atoms with Gasteiger partial charge in [-0.2, -0.15) is 5.26 Å². The Morgan fingerprint density at radius 3 is 2.94 bits per heavy atom. The number of hydrogen-bond donors (Lipinski definition) is 0. The number of hydrogen-bond acceptors (Lipinski definition) is 3. The lowest BCUT2D eigenvalue weighted by Gasteiger charge is -2.13. The molecule has 18 heavy (non-hydrogen) atoms. The van der Waals surface area contributed by atoms with Gasteiger partial charge in [0.15, 0.2) is 0 Å². The van der Waals surface area contributed by atoms with Gasteiger partial charge >= 0.3 is 0 Å². The van der Waals surface area contributed by atoms with Crippen LogP contribution in [-0.2, 0) is 0 Å². The topological polar surface area (TPSA) is 36.1 Å². The quantitative estimate of drug-likeness (QED) is 0.705. The van der Waals surface area contributed by atoms with E-state index in [9.17, 15) is 0 Å². The molecule has 1 unspecified atom stereocenters. The Morgan fingerprint density at radius 2 is 2.11 bits per heavy atom. The minimum atomic E-state index is -0.259. The average molecular weight is 250 g/mol. The molecule has 1 aliphatic rings.